The van der Waals surface area contributed by atoms with Gasteiger partial charge in [0.05, 0.1) is 12.3 Å². The molecule has 2 aromatic carbocycles. The predicted molar refractivity (Wildman–Crippen MR) is 114 cm³/mol. The van der Waals surface area contributed by atoms with E-state index in [0.29, 0.717) is 6.61 Å². The lowest BCUT2D eigenvalue weighted by atomic mass is 9.93. The van der Waals surface area contributed by atoms with Crippen molar-refractivity contribution in [2.75, 3.05) is 26.2 Å². The molecule has 1 saturated heterocycles. The van der Waals surface area contributed by atoms with Crippen LogP contribution in [0.15, 0.2) is 48.5 Å². The standard InChI is InChI=1S/C24H28N2O3/c27-17-22-20-7-2-3-8-21(20)24(23(25-22)18-9-11-19(28)12-10-18)29-16-6-15-26-13-4-1-5-14-26/h2-3,7-12,17,22,25,28H,1,4-6,13-16H2. The Morgan fingerprint density at radius 1 is 1.07 bits per heavy atom. The highest BCUT2D eigenvalue weighted by Crippen LogP contribution is 2.36. The summed E-state index contributed by atoms with van der Waals surface area (Å²) in [6.07, 6.45) is 5.82. The van der Waals surface area contributed by atoms with Crippen molar-refractivity contribution in [1.82, 2.24) is 10.2 Å². The molecule has 5 nitrogen and oxygen atoms in total. The third-order valence-corrected chi connectivity index (χ3v) is 5.67. The van der Waals surface area contributed by atoms with Crippen molar-refractivity contribution in [1.29, 1.82) is 0 Å². The molecule has 29 heavy (non-hydrogen) atoms. The molecule has 4 rings (SSSR count). The summed E-state index contributed by atoms with van der Waals surface area (Å²) in [5, 5.41) is 13.0. The molecule has 2 N–H and O–H groups in total. The maximum absolute atomic E-state index is 11.7. The van der Waals surface area contributed by atoms with Crippen molar-refractivity contribution in [3.63, 3.8) is 0 Å². The van der Waals surface area contributed by atoms with Crippen molar-refractivity contribution >= 4 is 17.7 Å². The molecule has 0 spiro atoms. The highest BCUT2D eigenvalue weighted by atomic mass is 16.5. The smallest absolute Gasteiger partial charge is 0.150 e. The van der Waals surface area contributed by atoms with E-state index in [1.54, 1.807) is 12.1 Å². The van der Waals surface area contributed by atoms with Crippen molar-refractivity contribution in [2.24, 2.45) is 0 Å². The molecule has 0 aromatic heterocycles. The van der Waals surface area contributed by atoms with Gasteiger partial charge in [0.2, 0.25) is 0 Å². The minimum atomic E-state index is -0.421. The number of hydrogen-bond donors (Lipinski definition) is 2. The highest BCUT2D eigenvalue weighted by Gasteiger charge is 2.27. The van der Waals surface area contributed by atoms with Gasteiger partial charge in [-0.1, -0.05) is 30.7 Å². The van der Waals surface area contributed by atoms with Crippen molar-refractivity contribution in [3.05, 3.63) is 65.2 Å². The molecule has 1 atom stereocenters. The fourth-order valence-corrected chi connectivity index (χ4v) is 4.15. The summed E-state index contributed by atoms with van der Waals surface area (Å²) in [7, 11) is 0. The Morgan fingerprint density at radius 3 is 2.59 bits per heavy atom. The summed E-state index contributed by atoms with van der Waals surface area (Å²) in [6.45, 7) is 4.04. The minimum Gasteiger partial charge on any atom is -0.508 e. The monoisotopic (exact) mass is 392 g/mol. The number of fused-ring (bicyclic) bond motifs is 1. The average Bonchev–Trinajstić information content (AvgIpc) is 2.77. The summed E-state index contributed by atoms with van der Waals surface area (Å²) >= 11 is 0. The molecule has 0 amide bonds. The Kier molecular flexibility index (Phi) is 6.15. The van der Waals surface area contributed by atoms with Gasteiger partial charge in [-0.25, -0.2) is 0 Å². The zero-order chi connectivity index (χ0) is 20.1. The number of piperidine rings is 1. The summed E-state index contributed by atoms with van der Waals surface area (Å²) in [5.41, 5.74) is 3.55. The van der Waals surface area contributed by atoms with Crippen LogP contribution in [0.2, 0.25) is 0 Å². The van der Waals surface area contributed by atoms with Crippen LogP contribution in [0.5, 0.6) is 5.75 Å². The molecule has 152 valence electrons. The van der Waals surface area contributed by atoms with E-state index in [2.05, 4.69) is 10.2 Å². The van der Waals surface area contributed by atoms with Gasteiger partial charge in [0, 0.05) is 17.7 Å². The van der Waals surface area contributed by atoms with Crippen LogP contribution >= 0.6 is 0 Å². The zero-order valence-electron chi connectivity index (χ0n) is 16.6. The van der Waals surface area contributed by atoms with Crippen LogP contribution in [-0.2, 0) is 9.53 Å². The number of benzene rings is 2. The SMILES string of the molecule is O=CC1NC(c2ccc(O)cc2)=C(OCCCN2CCCCC2)c2ccccc21. The molecular weight excluding hydrogens is 364 g/mol. The summed E-state index contributed by atoms with van der Waals surface area (Å²) in [6, 6.07) is 14.4. The quantitative estimate of drug-likeness (QED) is 0.552. The van der Waals surface area contributed by atoms with Crippen LogP contribution in [0.25, 0.3) is 11.5 Å². The molecular formula is C24H28N2O3. The maximum atomic E-state index is 11.7. The summed E-state index contributed by atoms with van der Waals surface area (Å²) < 4.78 is 6.30. The first-order chi connectivity index (χ1) is 14.3. The van der Waals surface area contributed by atoms with Crippen LogP contribution in [0.3, 0.4) is 0 Å². The lowest BCUT2D eigenvalue weighted by Crippen LogP contribution is -2.31. The number of ether oxygens (including phenoxy) is 1. The Balaban J connectivity index is 1.57. The number of carbonyl (C=O) groups is 1. The van der Waals surface area contributed by atoms with Crippen LogP contribution in [-0.4, -0.2) is 42.5 Å². The van der Waals surface area contributed by atoms with E-state index < -0.39 is 6.04 Å². The number of carbonyl (C=O) groups excluding carboxylic acids is 1. The number of aromatic hydroxyl groups is 1. The molecule has 1 fully saturated rings. The predicted octanol–water partition coefficient (Wildman–Crippen LogP) is 3.95. The average molecular weight is 392 g/mol. The number of nitrogens with one attached hydrogen (secondary N) is 1. The van der Waals surface area contributed by atoms with Crippen LogP contribution < -0.4 is 5.32 Å². The van der Waals surface area contributed by atoms with Crippen molar-refractivity contribution < 1.29 is 14.6 Å². The second-order valence-electron chi connectivity index (χ2n) is 7.70. The first-order valence-corrected chi connectivity index (χ1v) is 10.5. The van der Waals surface area contributed by atoms with Crippen molar-refractivity contribution in [3.8, 4) is 5.75 Å². The van der Waals surface area contributed by atoms with E-state index in [1.807, 2.05) is 36.4 Å². The lowest BCUT2D eigenvalue weighted by molar-refractivity contribution is -0.109. The van der Waals surface area contributed by atoms with E-state index in [9.17, 15) is 9.90 Å². The van der Waals surface area contributed by atoms with E-state index in [0.717, 1.165) is 47.4 Å². The van der Waals surface area contributed by atoms with Crippen LogP contribution in [0.1, 0.15) is 48.4 Å². The number of nitrogens with zero attached hydrogens (tertiary/aromatic N) is 1. The number of likely N-dealkylation sites (tertiary alicyclic amines) is 1. The summed E-state index contributed by atoms with van der Waals surface area (Å²) in [5.74, 6) is 0.976. The molecule has 0 saturated carbocycles. The fourth-order valence-electron chi connectivity index (χ4n) is 4.15. The third-order valence-electron chi connectivity index (χ3n) is 5.67. The largest absolute Gasteiger partial charge is 0.508 e. The second-order valence-corrected chi connectivity index (χ2v) is 7.70. The van der Waals surface area contributed by atoms with Gasteiger partial charge in [-0.05, 0) is 62.2 Å². The van der Waals surface area contributed by atoms with Gasteiger partial charge in [0.1, 0.15) is 18.1 Å². The number of rotatable bonds is 7. The van der Waals surface area contributed by atoms with Gasteiger partial charge < -0.3 is 24.9 Å². The Morgan fingerprint density at radius 2 is 1.83 bits per heavy atom. The van der Waals surface area contributed by atoms with Gasteiger partial charge in [-0.15, -0.1) is 0 Å². The molecule has 2 heterocycles. The molecule has 2 aromatic rings. The lowest BCUT2D eigenvalue weighted by Gasteiger charge is -2.30. The highest BCUT2D eigenvalue weighted by molar-refractivity contribution is 5.92. The molecule has 2 aliphatic rings. The second kappa shape index (κ2) is 9.14. The first-order valence-electron chi connectivity index (χ1n) is 10.5. The summed E-state index contributed by atoms with van der Waals surface area (Å²) in [4.78, 5) is 14.2. The van der Waals surface area contributed by atoms with Crippen LogP contribution in [0, 0.1) is 0 Å². The van der Waals surface area contributed by atoms with E-state index in [4.69, 9.17) is 4.74 Å². The maximum Gasteiger partial charge on any atom is 0.150 e. The minimum absolute atomic E-state index is 0.210. The Bertz CT molecular complexity index is 870. The third kappa shape index (κ3) is 4.46. The van der Waals surface area contributed by atoms with E-state index >= 15 is 0 Å². The van der Waals surface area contributed by atoms with Gasteiger partial charge in [0.15, 0.2) is 5.76 Å². The zero-order valence-corrected chi connectivity index (χ0v) is 16.6. The Labute approximate surface area is 172 Å². The van der Waals surface area contributed by atoms with E-state index in [-0.39, 0.29) is 5.75 Å². The van der Waals surface area contributed by atoms with Gasteiger partial charge in [-0.2, -0.15) is 0 Å². The molecule has 1 unspecified atom stereocenters. The van der Waals surface area contributed by atoms with Crippen molar-refractivity contribution in [2.45, 2.75) is 31.7 Å². The van der Waals surface area contributed by atoms with Crippen LogP contribution in [0.4, 0.5) is 0 Å². The fraction of sp³-hybridized carbons (Fsp3) is 0.375. The molecule has 5 heteroatoms. The normalized spacial score (nSPS) is 19.4. The molecule has 0 aliphatic carbocycles. The van der Waals surface area contributed by atoms with Gasteiger partial charge >= 0.3 is 0 Å². The number of phenolic OH excluding ortho intramolecular Hbond substituents is 1. The number of hydrogen-bond acceptors (Lipinski definition) is 5. The van der Waals surface area contributed by atoms with Gasteiger partial charge in [0.25, 0.3) is 0 Å². The molecule has 0 bridgehead atoms. The van der Waals surface area contributed by atoms with Gasteiger partial charge in [-0.3, -0.25) is 0 Å². The van der Waals surface area contributed by atoms with E-state index in [1.165, 1.54) is 32.4 Å². The molecule has 0 radical (unpaired) electrons. The topological polar surface area (TPSA) is 61.8 Å². The molecule has 2 aliphatic heterocycles. The first kappa shape index (κ1) is 19.5. The Hall–Kier alpha value is -2.79. The number of aldehydes is 1. The number of phenols is 1.